The number of hydrogen-bond donors (Lipinski definition) is 2. The summed E-state index contributed by atoms with van der Waals surface area (Å²) in [6, 6.07) is 10.0. The SMILES string of the molecule is CCOc1ccccc1CNCc1ccn[nH]1. The van der Waals surface area contributed by atoms with Crippen molar-refractivity contribution in [3.8, 4) is 5.75 Å². The number of aromatic nitrogens is 2. The molecule has 4 nitrogen and oxygen atoms in total. The maximum Gasteiger partial charge on any atom is 0.123 e. The zero-order valence-electron chi connectivity index (χ0n) is 9.94. The Hall–Kier alpha value is -1.81. The largest absolute Gasteiger partial charge is 0.494 e. The number of rotatable bonds is 6. The van der Waals surface area contributed by atoms with Crippen molar-refractivity contribution in [2.24, 2.45) is 0 Å². The summed E-state index contributed by atoms with van der Waals surface area (Å²) < 4.78 is 5.56. The van der Waals surface area contributed by atoms with Gasteiger partial charge in [-0.3, -0.25) is 5.10 Å². The predicted octanol–water partition coefficient (Wildman–Crippen LogP) is 2.10. The topological polar surface area (TPSA) is 49.9 Å². The van der Waals surface area contributed by atoms with Gasteiger partial charge in [0, 0.05) is 30.5 Å². The first-order valence-electron chi connectivity index (χ1n) is 5.80. The fourth-order valence-electron chi connectivity index (χ4n) is 1.66. The van der Waals surface area contributed by atoms with Crippen molar-refractivity contribution in [1.29, 1.82) is 0 Å². The van der Waals surface area contributed by atoms with Gasteiger partial charge in [-0.25, -0.2) is 0 Å². The quantitative estimate of drug-likeness (QED) is 0.800. The van der Waals surface area contributed by atoms with Crippen molar-refractivity contribution >= 4 is 0 Å². The number of H-pyrrole nitrogens is 1. The van der Waals surface area contributed by atoms with Crippen molar-refractivity contribution in [3.05, 3.63) is 47.8 Å². The maximum absolute atomic E-state index is 5.56. The maximum atomic E-state index is 5.56. The fourth-order valence-corrected chi connectivity index (χ4v) is 1.66. The number of para-hydroxylation sites is 1. The van der Waals surface area contributed by atoms with Crippen molar-refractivity contribution in [1.82, 2.24) is 15.5 Å². The van der Waals surface area contributed by atoms with Gasteiger partial charge in [0.2, 0.25) is 0 Å². The van der Waals surface area contributed by atoms with Gasteiger partial charge in [0.05, 0.1) is 6.61 Å². The van der Waals surface area contributed by atoms with Gasteiger partial charge in [-0.1, -0.05) is 18.2 Å². The molecule has 2 aromatic rings. The third kappa shape index (κ3) is 3.32. The standard InChI is InChI=1S/C13H17N3O/c1-2-17-13-6-4-3-5-11(13)9-14-10-12-7-8-15-16-12/h3-8,14H,2,9-10H2,1H3,(H,15,16). The molecule has 2 rings (SSSR count). The molecule has 90 valence electrons. The van der Waals surface area contributed by atoms with E-state index in [0.29, 0.717) is 6.61 Å². The minimum Gasteiger partial charge on any atom is -0.494 e. The highest BCUT2D eigenvalue weighted by Gasteiger charge is 2.01. The van der Waals surface area contributed by atoms with E-state index in [-0.39, 0.29) is 0 Å². The molecule has 0 unspecified atom stereocenters. The molecular weight excluding hydrogens is 214 g/mol. The zero-order chi connectivity index (χ0) is 11.9. The third-order valence-electron chi connectivity index (χ3n) is 2.46. The Kier molecular flexibility index (Phi) is 4.16. The van der Waals surface area contributed by atoms with E-state index in [9.17, 15) is 0 Å². The van der Waals surface area contributed by atoms with E-state index in [1.54, 1.807) is 6.20 Å². The normalized spacial score (nSPS) is 10.4. The summed E-state index contributed by atoms with van der Waals surface area (Å²) in [5.41, 5.74) is 2.26. The second-order valence-corrected chi connectivity index (χ2v) is 3.73. The Labute approximate surface area is 101 Å². The number of hydrogen-bond acceptors (Lipinski definition) is 3. The van der Waals surface area contributed by atoms with Gasteiger partial charge in [-0.15, -0.1) is 0 Å². The predicted molar refractivity (Wildman–Crippen MR) is 66.7 cm³/mol. The molecule has 0 radical (unpaired) electrons. The van der Waals surface area contributed by atoms with Crippen LogP contribution in [0.2, 0.25) is 0 Å². The Balaban J connectivity index is 1.89. The molecule has 1 aromatic carbocycles. The highest BCUT2D eigenvalue weighted by atomic mass is 16.5. The Morgan fingerprint density at radius 1 is 1.24 bits per heavy atom. The van der Waals surface area contributed by atoms with Gasteiger partial charge in [-0.05, 0) is 19.1 Å². The van der Waals surface area contributed by atoms with Crippen molar-refractivity contribution < 1.29 is 4.74 Å². The van der Waals surface area contributed by atoms with E-state index >= 15 is 0 Å². The molecule has 17 heavy (non-hydrogen) atoms. The molecule has 0 aliphatic heterocycles. The van der Waals surface area contributed by atoms with Gasteiger partial charge in [0.25, 0.3) is 0 Å². The smallest absolute Gasteiger partial charge is 0.123 e. The Morgan fingerprint density at radius 3 is 2.88 bits per heavy atom. The van der Waals surface area contributed by atoms with Crippen LogP contribution in [0, 0.1) is 0 Å². The van der Waals surface area contributed by atoms with Crippen LogP contribution in [0.3, 0.4) is 0 Å². The first-order valence-corrected chi connectivity index (χ1v) is 5.80. The summed E-state index contributed by atoms with van der Waals surface area (Å²) >= 11 is 0. The number of nitrogens with zero attached hydrogens (tertiary/aromatic N) is 1. The third-order valence-corrected chi connectivity index (χ3v) is 2.46. The summed E-state index contributed by atoms with van der Waals surface area (Å²) in [6.45, 7) is 4.25. The second-order valence-electron chi connectivity index (χ2n) is 3.73. The average molecular weight is 231 g/mol. The van der Waals surface area contributed by atoms with Gasteiger partial charge in [-0.2, -0.15) is 5.10 Å². The monoisotopic (exact) mass is 231 g/mol. The van der Waals surface area contributed by atoms with Crippen LogP contribution < -0.4 is 10.1 Å². The summed E-state index contributed by atoms with van der Waals surface area (Å²) in [7, 11) is 0. The molecular formula is C13H17N3O. The van der Waals surface area contributed by atoms with E-state index in [2.05, 4.69) is 21.6 Å². The molecule has 0 aliphatic carbocycles. The van der Waals surface area contributed by atoms with Crippen molar-refractivity contribution in [3.63, 3.8) is 0 Å². The van der Waals surface area contributed by atoms with Crippen LogP contribution in [0.1, 0.15) is 18.2 Å². The molecule has 0 saturated carbocycles. The number of benzene rings is 1. The number of aromatic amines is 1. The second kappa shape index (κ2) is 6.06. The van der Waals surface area contributed by atoms with Gasteiger partial charge in [0.1, 0.15) is 5.75 Å². The molecule has 0 saturated heterocycles. The van der Waals surface area contributed by atoms with Crippen LogP contribution in [0.15, 0.2) is 36.5 Å². The molecule has 0 bridgehead atoms. The van der Waals surface area contributed by atoms with E-state index in [0.717, 1.165) is 24.5 Å². The first kappa shape index (κ1) is 11.7. The van der Waals surface area contributed by atoms with Crippen LogP contribution in [-0.2, 0) is 13.1 Å². The lowest BCUT2D eigenvalue weighted by atomic mass is 10.2. The molecule has 0 amide bonds. The highest BCUT2D eigenvalue weighted by molar-refractivity contribution is 5.33. The molecule has 0 fully saturated rings. The average Bonchev–Trinajstić information content (AvgIpc) is 2.85. The van der Waals surface area contributed by atoms with Crippen LogP contribution >= 0.6 is 0 Å². The van der Waals surface area contributed by atoms with Crippen LogP contribution in [0.4, 0.5) is 0 Å². The van der Waals surface area contributed by atoms with Crippen molar-refractivity contribution in [2.45, 2.75) is 20.0 Å². The lowest BCUT2D eigenvalue weighted by Gasteiger charge is -2.10. The van der Waals surface area contributed by atoms with Gasteiger partial charge >= 0.3 is 0 Å². The van der Waals surface area contributed by atoms with E-state index in [4.69, 9.17) is 4.74 Å². The van der Waals surface area contributed by atoms with Gasteiger partial charge < -0.3 is 10.1 Å². The Morgan fingerprint density at radius 2 is 2.12 bits per heavy atom. The summed E-state index contributed by atoms with van der Waals surface area (Å²) in [5, 5.41) is 10.2. The van der Waals surface area contributed by atoms with E-state index in [1.165, 1.54) is 5.56 Å². The molecule has 4 heteroatoms. The van der Waals surface area contributed by atoms with E-state index < -0.39 is 0 Å². The van der Waals surface area contributed by atoms with Crippen LogP contribution in [0.25, 0.3) is 0 Å². The van der Waals surface area contributed by atoms with E-state index in [1.807, 2.05) is 31.2 Å². The number of nitrogens with one attached hydrogen (secondary N) is 2. The first-order chi connectivity index (χ1) is 8.40. The van der Waals surface area contributed by atoms with Crippen LogP contribution in [0.5, 0.6) is 5.75 Å². The zero-order valence-corrected chi connectivity index (χ0v) is 9.94. The molecule has 2 N–H and O–H groups in total. The minimum atomic E-state index is 0.692. The Bertz CT molecular complexity index is 440. The summed E-state index contributed by atoms with van der Waals surface area (Å²) in [6.07, 6.45) is 1.76. The molecule has 1 heterocycles. The van der Waals surface area contributed by atoms with Crippen LogP contribution in [-0.4, -0.2) is 16.8 Å². The summed E-state index contributed by atoms with van der Waals surface area (Å²) in [4.78, 5) is 0. The number of ether oxygens (including phenoxy) is 1. The molecule has 0 spiro atoms. The lowest BCUT2D eigenvalue weighted by molar-refractivity contribution is 0.335. The summed E-state index contributed by atoms with van der Waals surface area (Å²) in [5.74, 6) is 0.951. The minimum absolute atomic E-state index is 0.692. The lowest BCUT2D eigenvalue weighted by Crippen LogP contribution is -2.13. The molecule has 0 atom stereocenters. The fraction of sp³-hybridized carbons (Fsp3) is 0.308. The highest BCUT2D eigenvalue weighted by Crippen LogP contribution is 2.17. The van der Waals surface area contributed by atoms with Crippen molar-refractivity contribution in [2.75, 3.05) is 6.61 Å². The molecule has 0 aliphatic rings. The van der Waals surface area contributed by atoms with Gasteiger partial charge in [0.15, 0.2) is 0 Å². The molecule has 1 aromatic heterocycles.